The van der Waals surface area contributed by atoms with Crippen molar-refractivity contribution in [2.24, 2.45) is 0 Å². The van der Waals surface area contributed by atoms with Crippen molar-refractivity contribution >= 4 is 33.5 Å². The van der Waals surface area contributed by atoms with Gasteiger partial charge in [0, 0.05) is 10.5 Å². The van der Waals surface area contributed by atoms with Crippen LogP contribution in [0.3, 0.4) is 0 Å². The van der Waals surface area contributed by atoms with Gasteiger partial charge < -0.3 is 14.9 Å². The normalized spacial score (nSPS) is 10.2. The molecular formula is C12H9BrN2O4. The molecule has 1 aromatic heterocycles. The van der Waals surface area contributed by atoms with Gasteiger partial charge in [-0.3, -0.25) is 4.79 Å². The third kappa shape index (κ3) is 2.82. The molecule has 0 fully saturated rings. The van der Waals surface area contributed by atoms with Crippen LogP contribution in [0.5, 0.6) is 0 Å². The Morgan fingerprint density at radius 1 is 1.42 bits per heavy atom. The summed E-state index contributed by atoms with van der Waals surface area (Å²) in [6.45, 7) is 1.89. The summed E-state index contributed by atoms with van der Waals surface area (Å²) >= 11 is 3.36. The number of aryl methyl sites for hydroxylation is 1. The quantitative estimate of drug-likeness (QED) is 0.905. The van der Waals surface area contributed by atoms with Crippen LogP contribution >= 0.6 is 15.9 Å². The van der Waals surface area contributed by atoms with E-state index in [1.807, 2.05) is 13.0 Å². The fourth-order valence-corrected chi connectivity index (χ4v) is 1.78. The topological polar surface area (TPSA) is 92.4 Å². The molecule has 0 aliphatic heterocycles. The molecule has 0 spiro atoms. The standard InChI is InChI=1S/C12H9BrN2O4/c1-6-3-2-4-7(10(6)13)14-11(16)8-5-9(12(17)18)19-15-8/h2-5H,1H3,(H,14,16)(H,17,18). The summed E-state index contributed by atoms with van der Waals surface area (Å²) < 4.78 is 5.27. The van der Waals surface area contributed by atoms with E-state index in [1.165, 1.54) is 0 Å². The summed E-state index contributed by atoms with van der Waals surface area (Å²) in [5, 5.41) is 14.7. The number of carboxylic acids is 1. The average molecular weight is 325 g/mol. The molecule has 6 nitrogen and oxygen atoms in total. The summed E-state index contributed by atoms with van der Waals surface area (Å²) in [4.78, 5) is 22.5. The number of aromatic nitrogens is 1. The van der Waals surface area contributed by atoms with Crippen molar-refractivity contribution in [3.05, 3.63) is 45.8 Å². The number of carbonyl (C=O) groups is 2. The van der Waals surface area contributed by atoms with Gasteiger partial charge in [0.15, 0.2) is 5.69 Å². The highest BCUT2D eigenvalue weighted by molar-refractivity contribution is 9.10. The van der Waals surface area contributed by atoms with Gasteiger partial charge in [0.1, 0.15) is 0 Å². The molecule has 2 aromatic rings. The number of rotatable bonds is 3. The van der Waals surface area contributed by atoms with E-state index in [2.05, 4.69) is 30.9 Å². The minimum absolute atomic E-state index is 0.0918. The lowest BCUT2D eigenvalue weighted by atomic mass is 10.2. The highest BCUT2D eigenvalue weighted by Crippen LogP contribution is 2.26. The number of amides is 1. The zero-order valence-corrected chi connectivity index (χ0v) is 11.4. The average Bonchev–Trinajstić information content (AvgIpc) is 2.84. The number of anilines is 1. The summed E-state index contributed by atoms with van der Waals surface area (Å²) in [6, 6.07) is 6.47. The van der Waals surface area contributed by atoms with E-state index < -0.39 is 11.9 Å². The number of hydrogen-bond donors (Lipinski definition) is 2. The number of aromatic carboxylic acids is 1. The number of carbonyl (C=O) groups excluding carboxylic acids is 1. The Hall–Kier alpha value is -2.15. The third-order valence-corrected chi connectivity index (χ3v) is 3.45. The summed E-state index contributed by atoms with van der Waals surface area (Å²) in [5.41, 5.74) is 1.44. The first kappa shape index (κ1) is 13.3. The van der Waals surface area contributed by atoms with Crippen LogP contribution in [0.1, 0.15) is 26.6 Å². The lowest BCUT2D eigenvalue weighted by Crippen LogP contribution is -2.12. The van der Waals surface area contributed by atoms with Crippen LogP contribution in [-0.2, 0) is 0 Å². The SMILES string of the molecule is Cc1cccc(NC(=O)c2cc(C(=O)O)on2)c1Br. The Morgan fingerprint density at radius 2 is 2.16 bits per heavy atom. The smallest absolute Gasteiger partial charge is 0.374 e. The van der Waals surface area contributed by atoms with Crippen molar-refractivity contribution in [3.8, 4) is 0 Å². The maximum Gasteiger partial charge on any atom is 0.374 e. The van der Waals surface area contributed by atoms with Gasteiger partial charge in [0.25, 0.3) is 5.91 Å². The molecule has 0 bridgehead atoms. The second-order valence-corrected chi connectivity index (χ2v) is 4.57. The van der Waals surface area contributed by atoms with E-state index in [4.69, 9.17) is 5.11 Å². The molecule has 0 atom stereocenters. The maximum absolute atomic E-state index is 11.9. The predicted molar refractivity (Wildman–Crippen MR) is 70.3 cm³/mol. The van der Waals surface area contributed by atoms with Crippen molar-refractivity contribution in [1.29, 1.82) is 0 Å². The minimum atomic E-state index is -1.27. The first-order valence-corrected chi connectivity index (χ1v) is 6.05. The molecule has 1 amide bonds. The molecule has 0 aliphatic carbocycles. The number of nitrogens with zero attached hydrogens (tertiary/aromatic N) is 1. The van der Waals surface area contributed by atoms with Crippen LogP contribution in [-0.4, -0.2) is 22.1 Å². The summed E-state index contributed by atoms with van der Waals surface area (Å²) in [7, 11) is 0. The maximum atomic E-state index is 11.9. The number of hydrogen-bond acceptors (Lipinski definition) is 4. The third-order valence-electron chi connectivity index (χ3n) is 2.39. The van der Waals surface area contributed by atoms with Gasteiger partial charge in [-0.1, -0.05) is 17.3 Å². The molecule has 19 heavy (non-hydrogen) atoms. The second-order valence-electron chi connectivity index (χ2n) is 3.77. The van der Waals surface area contributed by atoms with Crippen LogP contribution < -0.4 is 5.32 Å². The number of benzene rings is 1. The molecule has 2 N–H and O–H groups in total. The van der Waals surface area contributed by atoms with Crippen molar-refractivity contribution < 1.29 is 19.2 Å². The van der Waals surface area contributed by atoms with Gasteiger partial charge in [0.2, 0.25) is 5.76 Å². The molecule has 0 aliphatic rings. The van der Waals surface area contributed by atoms with Gasteiger partial charge in [-0.25, -0.2) is 4.79 Å². The largest absolute Gasteiger partial charge is 0.475 e. The van der Waals surface area contributed by atoms with Gasteiger partial charge in [-0.05, 0) is 34.5 Å². The Kier molecular flexibility index (Phi) is 3.66. The predicted octanol–water partition coefficient (Wildman–Crippen LogP) is 2.70. The van der Waals surface area contributed by atoms with Crippen LogP contribution in [0.15, 0.2) is 33.3 Å². The van der Waals surface area contributed by atoms with Gasteiger partial charge in [0.05, 0.1) is 5.69 Å². The highest BCUT2D eigenvalue weighted by atomic mass is 79.9. The zero-order valence-electron chi connectivity index (χ0n) is 9.81. The lowest BCUT2D eigenvalue weighted by Gasteiger charge is -2.07. The molecule has 1 aromatic carbocycles. The fraction of sp³-hybridized carbons (Fsp3) is 0.0833. The van der Waals surface area contributed by atoms with E-state index in [9.17, 15) is 9.59 Å². The van der Waals surface area contributed by atoms with Crippen LogP contribution in [0.25, 0.3) is 0 Å². The number of carboxylic acid groups (broad SMARTS) is 1. The molecule has 7 heteroatoms. The monoisotopic (exact) mass is 324 g/mol. The van der Waals surface area contributed by atoms with Crippen molar-refractivity contribution in [2.75, 3.05) is 5.32 Å². The summed E-state index contributed by atoms with van der Waals surface area (Å²) in [6.07, 6.45) is 0. The van der Waals surface area contributed by atoms with Crippen molar-refractivity contribution in [1.82, 2.24) is 5.16 Å². The van der Waals surface area contributed by atoms with Crippen molar-refractivity contribution in [2.45, 2.75) is 6.92 Å². The van der Waals surface area contributed by atoms with Gasteiger partial charge in [-0.15, -0.1) is 0 Å². The number of nitrogens with one attached hydrogen (secondary N) is 1. The molecule has 0 saturated heterocycles. The van der Waals surface area contributed by atoms with Gasteiger partial charge >= 0.3 is 5.97 Å². The van der Waals surface area contributed by atoms with Crippen LogP contribution in [0.4, 0.5) is 5.69 Å². The molecule has 2 rings (SSSR count). The minimum Gasteiger partial charge on any atom is -0.475 e. The summed E-state index contributed by atoms with van der Waals surface area (Å²) in [5.74, 6) is -2.20. The van der Waals surface area contributed by atoms with E-state index in [-0.39, 0.29) is 11.5 Å². The van der Waals surface area contributed by atoms with E-state index >= 15 is 0 Å². The first-order valence-electron chi connectivity index (χ1n) is 5.25. The van der Waals surface area contributed by atoms with Crippen LogP contribution in [0.2, 0.25) is 0 Å². The van der Waals surface area contributed by atoms with E-state index in [0.717, 1.165) is 16.1 Å². The Bertz CT molecular complexity index is 651. The highest BCUT2D eigenvalue weighted by Gasteiger charge is 2.17. The number of halogens is 1. The molecule has 0 saturated carbocycles. The molecule has 1 heterocycles. The zero-order chi connectivity index (χ0) is 14.0. The van der Waals surface area contributed by atoms with Crippen LogP contribution in [0, 0.1) is 6.92 Å². The van der Waals surface area contributed by atoms with Gasteiger partial charge in [-0.2, -0.15) is 0 Å². The molecule has 98 valence electrons. The second kappa shape index (κ2) is 5.23. The first-order chi connectivity index (χ1) is 8.99. The molecular weight excluding hydrogens is 316 g/mol. The Morgan fingerprint density at radius 3 is 2.79 bits per heavy atom. The lowest BCUT2D eigenvalue weighted by molar-refractivity contribution is 0.0651. The Balaban J connectivity index is 2.21. The van der Waals surface area contributed by atoms with E-state index in [0.29, 0.717) is 5.69 Å². The fourth-order valence-electron chi connectivity index (χ4n) is 1.41. The molecule has 0 unspecified atom stereocenters. The van der Waals surface area contributed by atoms with E-state index in [1.54, 1.807) is 12.1 Å². The molecule has 0 radical (unpaired) electrons. The Labute approximate surface area is 116 Å². The van der Waals surface area contributed by atoms with Crippen molar-refractivity contribution in [3.63, 3.8) is 0 Å².